The van der Waals surface area contributed by atoms with E-state index in [0.29, 0.717) is 12.1 Å². The summed E-state index contributed by atoms with van der Waals surface area (Å²) >= 11 is 0. The van der Waals surface area contributed by atoms with E-state index in [4.69, 9.17) is 9.84 Å². The van der Waals surface area contributed by atoms with Crippen LogP contribution in [0.4, 0.5) is 0 Å². The van der Waals surface area contributed by atoms with E-state index in [-0.39, 0.29) is 12.0 Å². The van der Waals surface area contributed by atoms with E-state index in [1.165, 1.54) is 19.3 Å². The molecule has 0 radical (unpaired) electrons. The van der Waals surface area contributed by atoms with Crippen molar-refractivity contribution in [3.8, 4) is 0 Å². The quantitative estimate of drug-likeness (QED) is 0.805. The Balaban J connectivity index is 1.88. The summed E-state index contributed by atoms with van der Waals surface area (Å²) in [6.07, 6.45) is 6.98. The van der Waals surface area contributed by atoms with Crippen molar-refractivity contribution in [2.75, 3.05) is 13.2 Å². The minimum atomic E-state index is -0.689. The van der Waals surface area contributed by atoms with Gasteiger partial charge in [0.15, 0.2) is 0 Å². The highest BCUT2D eigenvalue weighted by atomic mass is 16.5. The first-order valence-corrected chi connectivity index (χ1v) is 7.64. The number of carboxylic acid groups (broad SMARTS) is 1. The van der Waals surface area contributed by atoms with Crippen LogP contribution in [-0.4, -0.2) is 46.8 Å². The molecule has 1 unspecified atom stereocenters. The van der Waals surface area contributed by atoms with E-state index in [0.717, 1.165) is 32.4 Å². The summed E-state index contributed by atoms with van der Waals surface area (Å²) in [5.74, 6) is -0.689. The van der Waals surface area contributed by atoms with Crippen LogP contribution in [-0.2, 0) is 9.53 Å². The van der Waals surface area contributed by atoms with Crippen molar-refractivity contribution in [1.29, 1.82) is 0 Å². The first-order chi connectivity index (χ1) is 9.02. The van der Waals surface area contributed by atoms with Gasteiger partial charge in [-0.25, -0.2) is 0 Å². The highest BCUT2D eigenvalue weighted by Gasteiger charge is 2.44. The molecule has 110 valence electrons. The van der Waals surface area contributed by atoms with E-state index >= 15 is 0 Å². The summed E-state index contributed by atoms with van der Waals surface area (Å²) in [6.45, 7) is 6.19. The van der Waals surface area contributed by atoms with Crippen molar-refractivity contribution in [2.24, 2.45) is 0 Å². The van der Waals surface area contributed by atoms with Gasteiger partial charge < -0.3 is 9.84 Å². The van der Waals surface area contributed by atoms with Gasteiger partial charge >= 0.3 is 5.97 Å². The van der Waals surface area contributed by atoms with E-state index in [1.807, 2.05) is 0 Å². The SMILES string of the molecule is CC(C)N(CCCC(=O)O)C1CCOC2(CCC2)C1. The summed E-state index contributed by atoms with van der Waals surface area (Å²) < 4.78 is 5.98. The highest BCUT2D eigenvalue weighted by Crippen LogP contribution is 2.43. The molecule has 2 fully saturated rings. The van der Waals surface area contributed by atoms with Gasteiger partial charge in [-0.15, -0.1) is 0 Å². The summed E-state index contributed by atoms with van der Waals surface area (Å²) in [5.41, 5.74) is 0.169. The van der Waals surface area contributed by atoms with E-state index in [1.54, 1.807) is 0 Å². The Hall–Kier alpha value is -0.610. The predicted molar refractivity (Wildman–Crippen MR) is 74.3 cm³/mol. The summed E-state index contributed by atoms with van der Waals surface area (Å²) in [4.78, 5) is 13.1. The Kier molecular flexibility index (Phi) is 4.85. The molecule has 2 rings (SSSR count). The number of rotatable bonds is 6. The first kappa shape index (κ1) is 14.8. The lowest BCUT2D eigenvalue weighted by atomic mass is 9.73. The molecule has 1 spiro atoms. The van der Waals surface area contributed by atoms with Gasteiger partial charge in [0.25, 0.3) is 0 Å². The molecule has 0 aromatic carbocycles. The normalized spacial score (nSPS) is 25.8. The van der Waals surface area contributed by atoms with E-state index in [9.17, 15) is 4.79 Å². The van der Waals surface area contributed by atoms with Gasteiger partial charge in [-0.1, -0.05) is 0 Å². The van der Waals surface area contributed by atoms with Crippen LogP contribution >= 0.6 is 0 Å². The Morgan fingerprint density at radius 3 is 2.74 bits per heavy atom. The fourth-order valence-corrected chi connectivity index (χ4v) is 3.48. The van der Waals surface area contributed by atoms with Crippen LogP contribution < -0.4 is 0 Å². The maximum atomic E-state index is 10.6. The lowest BCUT2D eigenvalue weighted by Gasteiger charge is -2.50. The van der Waals surface area contributed by atoms with Crippen molar-refractivity contribution >= 4 is 5.97 Å². The third-order valence-electron chi connectivity index (χ3n) is 4.67. The molecular formula is C15H27NO3. The topological polar surface area (TPSA) is 49.8 Å². The molecule has 4 nitrogen and oxygen atoms in total. The summed E-state index contributed by atoms with van der Waals surface area (Å²) in [5, 5.41) is 8.77. The Labute approximate surface area is 116 Å². The number of carboxylic acids is 1. The molecule has 0 bridgehead atoms. The molecule has 1 saturated heterocycles. The second-order valence-electron chi connectivity index (χ2n) is 6.36. The number of carbonyl (C=O) groups is 1. The van der Waals surface area contributed by atoms with Gasteiger partial charge in [0.05, 0.1) is 5.60 Å². The van der Waals surface area contributed by atoms with Gasteiger partial charge in [-0.2, -0.15) is 0 Å². The van der Waals surface area contributed by atoms with Crippen molar-refractivity contribution in [2.45, 2.75) is 76.5 Å². The molecule has 1 heterocycles. The molecule has 0 amide bonds. The molecule has 1 aliphatic carbocycles. The van der Waals surface area contributed by atoms with Crippen LogP contribution in [0.3, 0.4) is 0 Å². The minimum absolute atomic E-state index is 0.169. The van der Waals surface area contributed by atoms with Crippen LogP contribution in [0.2, 0.25) is 0 Å². The van der Waals surface area contributed by atoms with Crippen LogP contribution in [0.1, 0.15) is 58.8 Å². The average Bonchev–Trinajstić information content (AvgIpc) is 2.32. The lowest BCUT2D eigenvalue weighted by Crippen LogP contribution is -2.53. The summed E-state index contributed by atoms with van der Waals surface area (Å²) in [6, 6.07) is 1.05. The van der Waals surface area contributed by atoms with Crippen molar-refractivity contribution in [3.05, 3.63) is 0 Å². The molecular weight excluding hydrogens is 242 g/mol. The highest BCUT2D eigenvalue weighted by molar-refractivity contribution is 5.66. The maximum absolute atomic E-state index is 10.6. The van der Waals surface area contributed by atoms with Crippen molar-refractivity contribution in [3.63, 3.8) is 0 Å². The van der Waals surface area contributed by atoms with E-state index < -0.39 is 5.97 Å². The van der Waals surface area contributed by atoms with Crippen molar-refractivity contribution in [1.82, 2.24) is 4.90 Å². The van der Waals surface area contributed by atoms with Crippen LogP contribution in [0.15, 0.2) is 0 Å². The van der Waals surface area contributed by atoms with E-state index in [2.05, 4.69) is 18.7 Å². The molecule has 4 heteroatoms. The Morgan fingerprint density at radius 2 is 2.21 bits per heavy atom. The zero-order valence-electron chi connectivity index (χ0n) is 12.2. The predicted octanol–water partition coefficient (Wildman–Crippen LogP) is 2.66. The number of hydrogen-bond donors (Lipinski definition) is 1. The van der Waals surface area contributed by atoms with Gasteiger partial charge in [-0.3, -0.25) is 9.69 Å². The minimum Gasteiger partial charge on any atom is -0.481 e. The lowest BCUT2D eigenvalue weighted by molar-refractivity contribution is -0.151. The van der Waals surface area contributed by atoms with Crippen molar-refractivity contribution < 1.29 is 14.6 Å². The maximum Gasteiger partial charge on any atom is 0.303 e. The fraction of sp³-hybridized carbons (Fsp3) is 0.933. The van der Waals surface area contributed by atoms with Gasteiger partial charge in [-0.05, 0) is 58.9 Å². The van der Waals surface area contributed by atoms with Gasteiger partial charge in [0, 0.05) is 25.1 Å². The average molecular weight is 269 g/mol. The molecule has 19 heavy (non-hydrogen) atoms. The van der Waals surface area contributed by atoms with Crippen LogP contribution in [0.5, 0.6) is 0 Å². The third kappa shape index (κ3) is 3.69. The zero-order valence-corrected chi connectivity index (χ0v) is 12.2. The standard InChI is InChI=1S/C15H27NO3/c1-12(2)16(9-3-5-14(17)18)13-6-10-19-15(11-13)7-4-8-15/h12-13H,3-11H2,1-2H3,(H,17,18). The number of hydrogen-bond acceptors (Lipinski definition) is 3. The number of aliphatic carboxylic acids is 1. The molecule has 0 aromatic rings. The monoisotopic (exact) mass is 269 g/mol. The second-order valence-corrected chi connectivity index (χ2v) is 6.36. The second kappa shape index (κ2) is 6.23. The molecule has 1 aliphatic heterocycles. The smallest absolute Gasteiger partial charge is 0.303 e. The Morgan fingerprint density at radius 1 is 1.47 bits per heavy atom. The van der Waals surface area contributed by atoms with Gasteiger partial charge in [0.1, 0.15) is 0 Å². The molecule has 0 aromatic heterocycles. The van der Waals surface area contributed by atoms with Gasteiger partial charge in [0.2, 0.25) is 0 Å². The molecule has 1 saturated carbocycles. The number of ether oxygens (including phenoxy) is 1. The third-order valence-corrected chi connectivity index (χ3v) is 4.67. The molecule has 1 N–H and O–H groups in total. The summed E-state index contributed by atoms with van der Waals surface area (Å²) in [7, 11) is 0. The van der Waals surface area contributed by atoms with Crippen LogP contribution in [0, 0.1) is 0 Å². The van der Waals surface area contributed by atoms with Crippen LogP contribution in [0.25, 0.3) is 0 Å². The zero-order chi connectivity index (χ0) is 13.9. The fourth-order valence-electron chi connectivity index (χ4n) is 3.48. The molecule has 2 aliphatic rings. The largest absolute Gasteiger partial charge is 0.481 e. The molecule has 1 atom stereocenters. The first-order valence-electron chi connectivity index (χ1n) is 7.64. The number of nitrogens with zero attached hydrogens (tertiary/aromatic N) is 1. The Bertz CT molecular complexity index is 313.